The van der Waals surface area contributed by atoms with Crippen LogP contribution in [0.1, 0.15) is 0 Å². The van der Waals surface area contributed by atoms with Gasteiger partial charge in [0.25, 0.3) is 0 Å². The summed E-state index contributed by atoms with van der Waals surface area (Å²) < 4.78 is 0. The van der Waals surface area contributed by atoms with Gasteiger partial charge < -0.3 is 0 Å². The van der Waals surface area contributed by atoms with E-state index in [0.29, 0.717) is 12.3 Å². The van der Waals surface area contributed by atoms with Crippen molar-refractivity contribution in [2.45, 2.75) is 0 Å². The molecule has 0 fully saturated rings. The van der Waals surface area contributed by atoms with Crippen molar-refractivity contribution >= 4 is 23.7 Å². The van der Waals surface area contributed by atoms with Crippen LogP contribution in [-0.2, 0) is 4.79 Å². The van der Waals surface area contributed by atoms with E-state index >= 15 is 0 Å². The van der Waals surface area contributed by atoms with Gasteiger partial charge in [0.2, 0.25) is 6.41 Å². The van der Waals surface area contributed by atoms with E-state index in [9.17, 15) is 4.79 Å². The van der Waals surface area contributed by atoms with Crippen molar-refractivity contribution < 1.29 is 4.79 Å². The molecule has 0 aromatic rings. The Morgan fingerprint density at radius 1 is 2.00 bits per heavy atom. The number of hydrogen-bond acceptors (Lipinski definition) is 3. The van der Waals surface area contributed by atoms with E-state index in [2.05, 4.69) is 5.10 Å². The fourth-order valence-electron chi connectivity index (χ4n) is 0.295. The van der Waals surface area contributed by atoms with Gasteiger partial charge in [0.1, 0.15) is 0 Å². The molecule has 0 atom stereocenters. The number of rotatable bonds is 1. The van der Waals surface area contributed by atoms with Crippen molar-refractivity contribution in [1.29, 1.82) is 0 Å². The maximum Gasteiger partial charge on any atom is 0.230 e. The van der Waals surface area contributed by atoms with Crippen molar-refractivity contribution in [2.75, 3.05) is 5.88 Å². The Morgan fingerprint density at radius 3 is 3.14 bits per heavy atom. The molecule has 38 valence electrons. The first kappa shape index (κ1) is 4.64. The van der Waals surface area contributed by atoms with Gasteiger partial charge in [-0.25, -0.2) is 5.01 Å². The Balaban J connectivity index is 2.42. The molecule has 0 spiro atoms. The predicted octanol–water partition coefficient (Wildman–Crippen LogP) is 0.0924. The molecule has 0 saturated heterocycles. The van der Waals surface area contributed by atoms with Crippen LogP contribution in [0.25, 0.3) is 0 Å². The molecule has 0 aromatic carbocycles. The molecule has 0 N–H and O–H groups in total. The third-order valence-electron chi connectivity index (χ3n) is 0.598. The number of hydrogen-bond donors (Lipinski definition) is 0. The highest BCUT2D eigenvalue weighted by molar-refractivity contribution is 8.12. The Labute approximate surface area is 45.4 Å². The molecule has 0 aliphatic carbocycles. The van der Waals surface area contributed by atoms with E-state index in [1.807, 2.05) is 0 Å². The standard InChI is InChI=1S/C3H4N2OS/c6-2-5-3-7-1-4-5/h1-2H,3H2. The first-order valence-corrected chi connectivity index (χ1v) is 2.84. The lowest BCUT2D eigenvalue weighted by Gasteiger charge is -1.96. The Kier molecular flexibility index (Phi) is 1.31. The van der Waals surface area contributed by atoms with Gasteiger partial charge in [-0.15, -0.1) is 0 Å². The third kappa shape index (κ3) is 0.928. The number of nitrogens with zero attached hydrogens (tertiary/aromatic N) is 2. The highest BCUT2D eigenvalue weighted by Crippen LogP contribution is 2.05. The normalized spacial score (nSPS) is 18.0. The SMILES string of the molecule is O=CN1CSC=N1. The Morgan fingerprint density at radius 2 is 2.86 bits per heavy atom. The van der Waals surface area contributed by atoms with Crippen molar-refractivity contribution in [1.82, 2.24) is 5.01 Å². The Hall–Kier alpha value is -0.510. The predicted molar refractivity (Wildman–Crippen MR) is 28.9 cm³/mol. The van der Waals surface area contributed by atoms with Crippen molar-refractivity contribution in [3.63, 3.8) is 0 Å². The summed E-state index contributed by atoms with van der Waals surface area (Å²) in [5.74, 6) is 0.670. The summed E-state index contributed by atoms with van der Waals surface area (Å²) in [6, 6.07) is 0. The summed E-state index contributed by atoms with van der Waals surface area (Å²) in [6.45, 7) is 0. The second kappa shape index (κ2) is 1.97. The molecule has 1 aliphatic rings. The van der Waals surface area contributed by atoms with Crippen LogP contribution in [0.15, 0.2) is 5.10 Å². The molecule has 3 nitrogen and oxygen atoms in total. The van der Waals surface area contributed by atoms with Gasteiger partial charge in [-0.05, 0) is 0 Å². The fourth-order valence-corrected chi connectivity index (χ4v) is 0.829. The summed E-state index contributed by atoms with van der Waals surface area (Å²) in [7, 11) is 0. The van der Waals surface area contributed by atoms with E-state index in [4.69, 9.17) is 0 Å². The molecule has 0 bridgehead atoms. The second-order valence-corrected chi connectivity index (χ2v) is 1.86. The topological polar surface area (TPSA) is 32.7 Å². The number of thioether (sulfide) groups is 1. The lowest BCUT2D eigenvalue weighted by atomic mass is 11.1. The molecule has 1 rings (SSSR count). The molecular weight excluding hydrogens is 112 g/mol. The second-order valence-electron chi connectivity index (χ2n) is 1.06. The van der Waals surface area contributed by atoms with Gasteiger partial charge >= 0.3 is 0 Å². The molecule has 0 unspecified atom stereocenters. The Bertz CT molecular complexity index is 103. The van der Waals surface area contributed by atoms with Crippen LogP contribution in [0.2, 0.25) is 0 Å². The van der Waals surface area contributed by atoms with Crippen LogP contribution >= 0.6 is 11.8 Å². The van der Waals surface area contributed by atoms with Crippen LogP contribution in [0.4, 0.5) is 0 Å². The van der Waals surface area contributed by atoms with E-state index in [1.54, 1.807) is 5.55 Å². The highest BCUT2D eigenvalue weighted by Gasteiger charge is 2.00. The summed E-state index contributed by atoms with van der Waals surface area (Å²) in [5.41, 5.74) is 1.65. The largest absolute Gasteiger partial charge is 0.277 e. The van der Waals surface area contributed by atoms with Crippen molar-refractivity contribution in [3.05, 3.63) is 0 Å². The van der Waals surface area contributed by atoms with Gasteiger partial charge in [0.15, 0.2) is 0 Å². The zero-order chi connectivity index (χ0) is 5.11. The van der Waals surface area contributed by atoms with Gasteiger partial charge in [0.05, 0.1) is 11.4 Å². The first-order chi connectivity index (χ1) is 3.43. The molecule has 0 radical (unpaired) electrons. The monoisotopic (exact) mass is 116 g/mol. The quantitative estimate of drug-likeness (QED) is 0.455. The van der Waals surface area contributed by atoms with E-state index in [1.165, 1.54) is 16.8 Å². The van der Waals surface area contributed by atoms with E-state index < -0.39 is 0 Å². The van der Waals surface area contributed by atoms with Gasteiger partial charge in [-0.1, -0.05) is 11.8 Å². The minimum atomic E-state index is 0.670. The van der Waals surface area contributed by atoms with E-state index in [0.717, 1.165) is 0 Å². The zero-order valence-electron chi connectivity index (χ0n) is 3.57. The average molecular weight is 116 g/mol. The van der Waals surface area contributed by atoms with Crippen molar-refractivity contribution in [3.8, 4) is 0 Å². The molecule has 7 heavy (non-hydrogen) atoms. The average Bonchev–Trinajstić information content (AvgIpc) is 2.14. The molecule has 1 aliphatic heterocycles. The van der Waals surface area contributed by atoms with Crippen LogP contribution in [0.3, 0.4) is 0 Å². The highest BCUT2D eigenvalue weighted by atomic mass is 32.2. The smallest absolute Gasteiger partial charge is 0.230 e. The summed E-state index contributed by atoms with van der Waals surface area (Å²) in [4.78, 5) is 9.81. The number of carbonyl (C=O) groups excluding carboxylic acids is 1. The molecule has 1 amide bonds. The molecule has 0 aromatic heterocycles. The third-order valence-corrected chi connectivity index (χ3v) is 1.26. The van der Waals surface area contributed by atoms with Crippen molar-refractivity contribution in [2.24, 2.45) is 5.10 Å². The number of carbonyl (C=O) groups is 1. The van der Waals surface area contributed by atoms with Crippen LogP contribution in [0.5, 0.6) is 0 Å². The molecule has 0 saturated carbocycles. The molecule has 1 heterocycles. The summed E-state index contributed by atoms with van der Waals surface area (Å²) in [6.07, 6.45) is 0.705. The molecular formula is C3H4N2OS. The first-order valence-electron chi connectivity index (χ1n) is 1.79. The van der Waals surface area contributed by atoms with Crippen LogP contribution < -0.4 is 0 Å². The van der Waals surface area contributed by atoms with E-state index in [-0.39, 0.29) is 0 Å². The fraction of sp³-hybridized carbons (Fsp3) is 0.333. The number of amides is 1. The maximum absolute atomic E-state index is 9.81. The minimum absolute atomic E-state index is 0.670. The van der Waals surface area contributed by atoms with Crippen LogP contribution in [-0.4, -0.2) is 22.8 Å². The minimum Gasteiger partial charge on any atom is -0.277 e. The zero-order valence-corrected chi connectivity index (χ0v) is 4.39. The van der Waals surface area contributed by atoms with Gasteiger partial charge in [0, 0.05) is 0 Å². The maximum atomic E-state index is 9.81. The number of hydrazone groups is 1. The molecule has 4 heteroatoms. The van der Waals surface area contributed by atoms with Gasteiger partial charge in [-0.2, -0.15) is 5.10 Å². The van der Waals surface area contributed by atoms with Gasteiger partial charge in [-0.3, -0.25) is 4.79 Å². The lowest BCUT2D eigenvalue weighted by Crippen LogP contribution is -2.08. The van der Waals surface area contributed by atoms with Crippen LogP contribution in [0, 0.1) is 0 Å². The summed E-state index contributed by atoms with van der Waals surface area (Å²) in [5, 5.41) is 5.00. The summed E-state index contributed by atoms with van der Waals surface area (Å²) >= 11 is 1.51. The lowest BCUT2D eigenvalue weighted by molar-refractivity contribution is -0.117.